The SMILES string of the molecule is Cc1cc2ccccc2c(=O)n1CCN. The van der Waals surface area contributed by atoms with E-state index in [1.165, 1.54) is 0 Å². The van der Waals surface area contributed by atoms with Gasteiger partial charge in [0.25, 0.3) is 5.56 Å². The third kappa shape index (κ3) is 1.66. The normalized spacial score (nSPS) is 10.8. The Labute approximate surface area is 88.1 Å². The van der Waals surface area contributed by atoms with Gasteiger partial charge in [-0.15, -0.1) is 0 Å². The fourth-order valence-corrected chi connectivity index (χ4v) is 1.83. The van der Waals surface area contributed by atoms with Crippen molar-refractivity contribution in [2.24, 2.45) is 5.73 Å². The van der Waals surface area contributed by atoms with Gasteiger partial charge in [0.05, 0.1) is 0 Å². The predicted octanol–water partition coefficient (Wildman–Crippen LogP) is 1.27. The average molecular weight is 202 g/mol. The number of rotatable bonds is 2. The van der Waals surface area contributed by atoms with Crippen LogP contribution in [0.4, 0.5) is 0 Å². The first-order valence-corrected chi connectivity index (χ1v) is 5.03. The smallest absolute Gasteiger partial charge is 0.258 e. The van der Waals surface area contributed by atoms with Gasteiger partial charge >= 0.3 is 0 Å². The number of aryl methyl sites for hydroxylation is 1. The monoisotopic (exact) mass is 202 g/mol. The third-order valence-corrected chi connectivity index (χ3v) is 2.58. The first-order chi connectivity index (χ1) is 7.24. The zero-order valence-electron chi connectivity index (χ0n) is 8.73. The average Bonchev–Trinajstić information content (AvgIpc) is 2.24. The van der Waals surface area contributed by atoms with Gasteiger partial charge in [0.2, 0.25) is 0 Å². The number of hydrogen-bond acceptors (Lipinski definition) is 2. The van der Waals surface area contributed by atoms with Crippen LogP contribution < -0.4 is 11.3 Å². The summed E-state index contributed by atoms with van der Waals surface area (Å²) in [5, 5.41) is 1.75. The highest BCUT2D eigenvalue weighted by Gasteiger charge is 2.04. The quantitative estimate of drug-likeness (QED) is 0.797. The molecule has 0 aliphatic rings. The number of aromatic nitrogens is 1. The maximum atomic E-state index is 12.0. The maximum absolute atomic E-state index is 12.0. The van der Waals surface area contributed by atoms with Crippen molar-refractivity contribution in [3.05, 3.63) is 46.4 Å². The van der Waals surface area contributed by atoms with E-state index in [4.69, 9.17) is 5.73 Å². The molecule has 0 bridgehead atoms. The molecule has 2 aromatic rings. The Balaban J connectivity index is 2.78. The van der Waals surface area contributed by atoms with E-state index in [-0.39, 0.29) is 5.56 Å². The van der Waals surface area contributed by atoms with E-state index < -0.39 is 0 Å². The number of nitrogens with two attached hydrogens (primary N) is 1. The lowest BCUT2D eigenvalue weighted by Crippen LogP contribution is -2.25. The van der Waals surface area contributed by atoms with E-state index in [0.29, 0.717) is 13.1 Å². The summed E-state index contributed by atoms with van der Waals surface area (Å²) in [4.78, 5) is 12.0. The summed E-state index contributed by atoms with van der Waals surface area (Å²) < 4.78 is 1.72. The van der Waals surface area contributed by atoms with Crippen LogP contribution in [0, 0.1) is 6.92 Å². The summed E-state index contributed by atoms with van der Waals surface area (Å²) in [6, 6.07) is 9.65. The lowest BCUT2D eigenvalue weighted by atomic mass is 10.1. The molecule has 1 aromatic carbocycles. The molecule has 0 saturated carbocycles. The van der Waals surface area contributed by atoms with Crippen LogP contribution in [0.1, 0.15) is 5.69 Å². The molecule has 0 amide bonds. The van der Waals surface area contributed by atoms with Gasteiger partial charge in [-0.25, -0.2) is 0 Å². The summed E-state index contributed by atoms with van der Waals surface area (Å²) in [5.41, 5.74) is 6.50. The van der Waals surface area contributed by atoms with Crippen molar-refractivity contribution in [3.8, 4) is 0 Å². The molecule has 0 aliphatic carbocycles. The molecule has 15 heavy (non-hydrogen) atoms. The van der Waals surface area contributed by atoms with Crippen LogP contribution in [0.15, 0.2) is 35.1 Å². The van der Waals surface area contributed by atoms with Crippen molar-refractivity contribution in [1.82, 2.24) is 4.57 Å². The maximum Gasteiger partial charge on any atom is 0.258 e. The molecule has 0 unspecified atom stereocenters. The Morgan fingerprint density at radius 3 is 2.80 bits per heavy atom. The molecule has 2 rings (SSSR count). The van der Waals surface area contributed by atoms with Crippen LogP contribution in [0.5, 0.6) is 0 Å². The Morgan fingerprint density at radius 1 is 1.33 bits per heavy atom. The van der Waals surface area contributed by atoms with Crippen molar-refractivity contribution < 1.29 is 0 Å². The van der Waals surface area contributed by atoms with Crippen molar-refractivity contribution in [3.63, 3.8) is 0 Å². The molecule has 78 valence electrons. The summed E-state index contributed by atoms with van der Waals surface area (Å²) in [7, 11) is 0. The number of hydrogen-bond donors (Lipinski definition) is 1. The van der Waals surface area contributed by atoms with Gasteiger partial charge < -0.3 is 10.3 Å². The van der Waals surface area contributed by atoms with Gasteiger partial charge in [0, 0.05) is 24.2 Å². The van der Waals surface area contributed by atoms with Crippen LogP contribution in [0.3, 0.4) is 0 Å². The van der Waals surface area contributed by atoms with Crippen molar-refractivity contribution >= 4 is 10.8 Å². The summed E-state index contributed by atoms with van der Waals surface area (Å²) in [6.07, 6.45) is 0. The molecule has 3 heteroatoms. The molecule has 2 N–H and O–H groups in total. The van der Waals surface area contributed by atoms with Crippen molar-refractivity contribution in [2.75, 3.05) is 6.54 Å². The minimum Gasteiger partial charge on any atom is -0.329 e. The highest BCUT2D eigenvalue weighted by atomic mass is 16.1. The largest absolute Gasteiger partial charge is 0.329 e. The second-order valence-electron chi connectivity index (χ2n) is 3.62. The van der Waals surface area contributed by atoms with E-state index >= 15 is 0 Å². The fraction of sp³-hybridized carbons (Fsp3) is 0.250. The summed E-state index contributed by atoms with van der Waals surface area (Å²) in [6.45, 7) is 3.00. The van der Waals surface area contributed by atoms with E-state index in [1.807, 2.05) is 37.3 Å². The molecule has 0 fully saturated rings. The zero-order chi connectivity index (χ0) is 10.8. The molecule has 0 radical (unpaired) electrons. The third-order valence-electron chi connectivity index (χ3n) is 2.58. The standard InChI is InChI=1S/C12H14N2O/c1-9-8-10-4-2-3-5-11(10)12(15)14(9)7-6-13/h2-5,8H,6-7,13H2,1H3. The Morgan fingerprint density at radius 2 is 2.07 bits per heavy atom. The van der Waals surface area contributed by atoms with Gasteiger partial charge in [-0.05, 0) is 24.4 Å². The van der Waals surface area contributed by atoms with Crippen LogP contribution >= 0.6 is 0 Å². The van der Waals surface area contributed by atoms with Gasteiger partial charge in [-0.3, -0.25) is 4.79 Å². The van der Waals surface area contributed by atoms with Crippen molar-refractivity contribution in [1.29, 1.82) is 0 Å². The van der Waals surface area contributed by atoms with Crippen LogP contribution in [-0.4, -0.2) is 11.1 Å². The Hall–Kier alpha value is -1.61. The first-order valence-electron chi connectivity index (χ1n) is 5.03. The van der Waals surface area contributed by atoms with Crippen LogP contribution in [-0.2, 0) is 6.54 Å². The molecule has 1 heterocycles. The number of pyridine rings is 1. The summed E-state index contributed by atoms with van der Waals surface area (Å²) in [5.74, 6) is 0. The summed E-state index contributed by atoms with van der Waals surface area (Å²) >= 11 is 0. The molecule has 0 saturated heterocycles. The molecule has 0 aliphatic heterocycles. The van der Waals surface area contributed by atoms with Crippen molar-refractivity contribution in [2.45, 2.75) is 13.5 Å². The first kappa shape index (κ1) is 9.93. The zero-order valence-corrected chi connectivity index (χ0v) is 8.73. The van der Waals surface area contributed by atoms with Gasteiger partial charge in [0.1, 0.15) is 0 Å². The Bertz CT molecular complexity index is 543. The van der Waals surface area contributed by atoms with E-state index in [2.05, 4.69) is 0 Å². The minimum atomic E-state index is 0.0519. The highest BCUT2D eigenvalue weighted by molar-refractivity contribution is 5.81. The molecule has 1 aromatic heterocycles. The van der Waals surface area contributed by atoms with E-state index in [1.54, 1.807) is 4.57 Å². The van der Waals surface area contributed by atoms with Crippen LogP contribution in [0.25, 0.3) is 10.8 Å². The van der Waals surface area contributed by atoms with Gasteiger partial charge in [0.15, 0.2) is 0 Å². The molecular formula is C12H14N2O. The minimum absolute atomic E-state index is 0.0519. The second kappa shape index (κ2) is 3.87. The number of benzene rings is 1. The predicted molar refractivity (Wildman–Crippen MR) is 62.0 cm³/mol. The fourth-order valence-electron chi connectivity index (χ4n) is 1.83. The molecule has 0 spiro atoms. The van der Waals surface area contributed by atoms with Gasteiger partial charge in [-0.2, -0.15) is 0 Å². The molecule has 0 atom stereocenters. The number of nitrogens with zero attached hydrogens (tertiary/aromatic N) is 1. The second-order valence-corrected chi connectivity index (χ2v) is 3.62. The van der Waals surface area contributed by atoms with E-state index in [9.17, 15) is 4.79 Å². The van der Waals surface area contributed by atoms with Gasteiger partial charge in [-0.1, -0.05) is 18.2 Å². The number of fused-ring (bicyclic) bond motifs is 1. The lowest BCUT2D eigenvalue weighted by molar-refractivity contribution is 0.666. The molecular weight excluding hydrogens is 188 g/mol. The van der Waals surface area contributed by atoms with E-state index in [0.717, 1.165) is 16.5 Å². The highest BCUT2D eigenvalue weighted by Crippen LogP contribution is 2.10. The molecule has 3 nitrogen and oxygen atoms in total. The lowest BCUT2D eigenvalue weighted by Gasteiger charge is -2.09. The van der Waals surface area contributed by atoms with Crippen LogP contribution in [0.2, 0.25) is 0 Å². The topological polar surface area (TPSA) is 48.0 Å². The Kier molecular flexibility index (Phi) is 2.56.